The van der Waals surface area contributed by atoms with Crippen molar-refractivity contribution >= 4 is 27.6 Å². The van der Waals surface area contributed by atoms with Gasteiger partial charge >= 0.3 is 6.03 Å². The maximum atomic E-state index is 13.0. The molecular formula is C20H22F2N4O4S. The van der Waals surface area contributed by atoms with Crippen molar-refractivity contribution in [1.82, 2.24) is 14.5 Å². The van der Waals surface area contributed by atoms with E-state index in [2.05, 4.69) is 5.32 Å². The number of rotatable bonds is 5. The number of benzene rings is 2. The van der Waals surface area contributed by atoms with E-state index in [0.717, 1.165) is 24.3 Å². The van der Waals surface area contributed by atoms with E-state index in [1.807, 2.05) is 9.62 Å². The van der Waals surface area contributed by atoms with Crippen molar-refractivity contribution in [3.05, 3.63) is 60.2 Å². The number of nitrogens with one attached hydrogen (secondary N) is 2. The van der Waals surface area contributed by atoms with Crippen LogP contribution in [0, 0.1) is 11.6 Å². The number of amides is 3. The largest absolute Gasteiger partial charge is 0.331 e. The normalized spacial score (nSPS) is 15.2. The fourth-order valence-electron chi connectivity index (χ4n) is 3.12. The van der Waals surface area contributed by atoms with Crippen LogP contribution in [-0.2, 0) is 14.8 Å². The first-order valence-corrected chi connectivity index (χ1v) is 11.1. The summed E-state index contributed by atoms with van der Waals surface area (Å²) in [6.07, 6.45) is 0.549. The molecule has 1 fully saturated rings. The first-order chi connectivity index (χ1) is 14.7. The van der Waals surface area contributed by atoms with E-state index in [1.54, 1.807) is 0 Å². The molecule has 0 aliphatic carbocycles. The van der Waals surface area contributed by atoms with Crippen LogP contribution in [0.4, 0.5) is 19.3 Å². The molecule has 1 heterocycles. The second-order valence-corrected chi connectivity index (χ2v) is 8.72. The fraction of sp³-hybridized carbons (Fsp3) is 0.300. The summed E-state index contributed by atoms with van der Waals surface area (Å²) < 4.78 is 52.6. The lowest BCUT2D eigenvalue weighted by atomic mass is 10.3. The maximum absolute atomic E-state index is 13.0. The lowest BCUT2D eigenvalue weighted by molar-refractivity contribution is -0.117. The van der Waals surface area contributed by atoms with Crippen molar-refractivity contribution in [2.75, 3.05) is 38.0 Å². The van der Waals surface area contributed by atoms with Gasteiger partial charge in [0, 0.05) is 31.9 Å². The molecule has 2 aromatic carbocycles. The molecule has 1 aliphatic rings. The standard InChI is InChI=1S/C20H22F2N4O4S/c21-15-2-6-17(7-3-15)23-19(27)14-25-10-1-11-26(13-12-25)20(28)24-31(29,30)18-8-4-16(22)5-9-18/h2-9H,1,10-14H2,(H,23,27)(H,24,28). The number of urea groups is 1. The second-order valence-electron chi connectivity index (χ2n) is 7.04. The highest BCUT2D eigenvalue weighted by Crippen LogP contribution is 2.12. The average molecular weight is 452 g/mol. The van der Waals surface area contributed by atoms with E-state index < -0.39 is 27.7 Å². The van der Waals surface area contributed by atoms with Crippen LogP contribution in [0.3, 0.4) is 0 Å². The molecule has 8 nitrogen and oxygen atoms in total. The van der Waals surface area contributed by atoms with Crippen molar-refractivity contribution in [2.24, 2.45) is 0 Å². The predicted octanol–water partition coefficient (Wildman–Crippen LogP) is 2.01. The summed E-state index contributed by atoms with van der Waals surface area (Å²) in [7, 11) is -4.12. The highest BCUT2D eigenvalue weighted by Gasteiger charge is 2.25. The molecule has 0 aromatic heterocycles. The van der Waals surface area contributed by atoms with Crippen LogP contribution in [0.2, 0.25) is 0 Å². The molecule has 0 bridgehead atoms. The summed E-state index contributed by atoms with van der Waals surface area (Å²) in [4.78, 5) is 27.6. The van der Waals surface area contributed by atoms with E-state index >= 15 is 0 Å². The quantitative estimate of drug-likeness (QED) is 0.723. The molecule has 0 unspecified atom stereocenters. The average Bonchev–Trinajstić information content (AvgIpc) is 2.95. The third kappa shape index (κ3) is 6.46. The molecule has 3 amide bonds. The minimum atomic E-state index is -4.12. The minimum Gasteiger partial charge on any atom is -0.325 e. The molecule has 0 radical (unpaired) electrons. The number of anilines is 1. The lowest BCUT2D eigenvalue weighted by Gasteiger charge is -2.22. The Labute approximate surface area is 178 Å². The summed E-state index contributed by atoms with van der Waals surface area (Å²) in [6.45, 7) is 1.56. The molecular weight excluding hydrogens is 430 g/mol. The van der Waals surface area contributed by atoms with E-state index in [1.165, 1.54) is 29.2 Å². The van der Waals surface area contributed by atoms with E-state index in [0.29, 0.717) is 31.7 Å². The third-order valence-electron chi connectivity index (χ3n) is 4.72. The fourth-order valence-corrected chi connectivity index (χ4v) is 4.09. The summed E-state index contributed by atoms with van der Waals surface area (Å²) in [5, 5.41) is 2.68. The SMILES string of the molecule is O=C(CN1CCCN(C(=O)NS(=O)(=O)c2ccc(F)cc2)CC1)Nc1ccc(F)cc1. The van der Waals surface area contributed by atoms with Crippen LogP contribution in [-0.4, -0.2) is 62.9 Å². The summed E-state index contributed by atoms with van der Waals surface area (Å²) in [5.41, 5.74) is 0.480. The van der Waals surface area contributed by atoms with Crippen LogP contribution < -0.4 is 10.0 Å². The highest BCUT2D eigenvalue weighted by atomic mass is 32.2. The van der Waals surface area contributed by atoms with Gasteiger partial charge in [-0.25, -0.2) is 26.7 Å². The van der Waals surface area contributed by atoms with Gasteiger partial charge in [0.25, 0.3) is 10.0 Å². The number of halogens is 2. The van der Waals surface area contributed by atoms with Crippen molar-refractivity contribution in [3.8, 4) is 0 Å². The Morgan fingerprint density at radius 2 is 1.48 bits per heavy atom. The first-order valence-electron chi connectivity index (χ1n) is 9.58. The molecule has 1 aliphatic heterocycles. The van der Waals surface area contributed by atoms with Gasteiger partial charge in [-0.3, -0.25) is 9.69 Å². The van der Waals surface area contributed by atoms with Crippen molar-refractivity contribution in [1.29, 1.82) is 0 Å². The van der Waals surface area contributed by atoms with E-state index in [4.69, 9.17) is 0 Å². The van der Waals surface area contributed by atoms with Crippen LogP contribution in [0.5, 0.6) is 0 Å². The lowest BCUT2D eigenvalue weighted by Crippen LogP contribution is -2.44. The monoisotopic (exact) mass is 452 g/mol. The molecule has 166 valence electrons. The summed E-state index contributed by atoms with van der Waals surface area (Å²) >= 11 is 0. The molecule has 31 heavy (non-hydrogen) atoms. The van der Waals surface area contributed by atoms with Gasteiger partial charge in [-0.05, 0) is 55.0 Å². The van der Waals surface area contributed by atoms with Crippen molar-refractivity contribution in [3.63, 3.8) is 0 Å². The van der Waals surface area contributed by atoms with Crippen LogP contribution >= 0.6 is 0 Å². The Bertz CT molecular complexity index is 1030. The van der Waals surface area contributed by atoms with Gasteiger partial charge < -0.3 is 10.2 Å². The number of carbonyl (C=O) groups is 2. The van der Waals surface area contributed by atoms with E-state index in [9.17, 15) is 26.8 Å². The molecule has 0 atom stereocenters. The maximum Gasteiger partial charge on any atom is 0.331 e. The van der Waals surface area contributed by atoms with Crippen LogP contribution in [0.1, 0.15) is 6.42 Å². The topological polar surface area (TPSA) is 98.8 Å². The molecule has 0 saturated carbocycles. The van der Waals surface area contributed by atoms with Gasteiger partial charge in [0.15, 0.2) is 0 Å². The zero-order chi connectivity index (χ0) is 22.4. The first kappa shape index (κ1) is 22.6. The zero-order valence-electron chi connectivity index (χ0n) is 16.6. The van der Waals surface area contributed by atoms with Crippen LogP contribution in [0.25, 0.3) is 0 Å². The Hall–Kier alpha value is -3.05. The van der Waals surface area contributed by atoms with Crippen LogP contribution in [0.15, 0.2) is 53.4 Å². The number of hydrogen-bond donors (Lipinski definition) is 2. The minimum absolute atomic E-state index is 0.0840. The Morgan fingerprint density at radius 1 is 0.871 bits per heavy atom. The molecule has 0 spiro atoms. The van der Waals surface area contributed by atoms with Gasteiger partial charge in [0.1, 0.15) is 11.6 Å². The Morgan fingerprint density at radius 3 is 2.13 bits per heavy atom. The Kier molecular flexibility index (Phi) is 7.18. The van der Waals surface area contributed by atoms with Gasteiger partial charge in [-0.1, -0.05) is 0 Å². The Balaban J connectivity index is 1.51. The van der Waals surface area contributed by atoms with Gasteiger partial charge in [-0.15, -0.1) is 0 Å². The van der Waals surface area contributed by atoms with Gasteiger partial charge in [0.2, 0.25) is 5.91 Å². The number of sulfonamides is 1. The third-order valence-corrected chi connectivity index (χ3v) is 6.05. The number of hydrogen-bond acceptors (Lipinski definition) is 5. The summed E-state index contributed by atoms with van der Waals surface area (Å²) in [6, 6.07) is 8.80. The van der Waals surface area contributed by atoms with Gasteiger partial charge in [0.05, 0.1) is 11.4 Å². The van der Waals surface area contributed by atoms with Crippen molar-refractivity contribution < 1.29 is 26.8 Å². The molecule has 1 saturated heterocycles. The highest BCUT2D eigenvalue weighted by molar-refractivity contribution is 7.90. The summed E-state index contributed by atoms with van der Waals surface area (Å²) in [5.74, 6) is -1.25. The second kappa shape index (κ2) is 9.84. The molecule has 2 N–H and O–H groups in total. The molecule has 3 rings (SSSR count). The molecule has 11 heteroatoms. The number of nitrogens with zero attached hydrogens (tertiary/aromatic N) is 2. The van der Waals surface area contributed by atoms with E-state index in [-0.39, 0.29) is 23.9 Å². The molecule has 2 aromatic rings. The predicted molar refractivity (Wildman–Crippen MR) is 110 cm³/mol. The number of carbonyl (C=O) groups excluding carboxylic acids is 2. The van der Waals surface area contributed by atoms with Gasteiger partial charge in [-0.2, -0.15) is 0 Å². The zero-order valence-corrected chi connectivity index (χ0v) is 17.4. The smallest absolute Gasteiger partial charge is 0.325 e. The van der Waals surface area contributed by atoms with Crippen molar-refractivity contribution in [2.45, 2.75) is 11.3 Å².